The number of hydrogen-bond donors (Lipinski definition) is 0. The van der Waals surface area contributed by atoms with Crippen molar-refractivity contribution in [3.63, 3.8) is 0 Å². The van der Waals surface area contributed by atoms with Crippen LogP contribution in [0.15, 0.2) is 35.0 Å². The van der Waals surface area contributed by atoms with E-state index in [1.54, 1.807) is 17.4 Å². The maximum absolute atomic E-state index is 13.0. The Hall–Kier alpha value is -1.48. The summed E-state index contributed by atoms with van der Waals surface area (Å²) >= 11 is 1.56. The molecule has 0 atom stereocenters. The van der Waals surface area contributed by atoms with Crippen LogP contribution < -0.4 is 0 Å². The van der Waals surface area contributed by atoms with E-state index in [1.165, 1.54) is 12.1 Å². The van der Waals surface area contributed by atoms with Gasteiger partial charge in [0.05, 0.1) is 0 Å². The van der Waals surface area contributed by atoms with E-state index in [9.17, 15) is 9.18 Å². The van der Waals surface area contributed by atoms with Gasteiger partial charge < -0.3 is 0 Å². The highest BCUT2D eigenvalue weighted by atomic mass is 32.1. The Bertz CT molecular complexity index is 503. The molecule has 1 heterocycles. The van der Waals surface area contributed by atoms with E-state index in [2.05, 4.69) is 0 Å². The van der Waals surface area contributed by atoms with Gasteiger partial charge in [-0.05, 0) is 47.0 Å². The third-order valence-electron chi connectivity index (χ3n) is 2.44. The van der Waals surface area contributed by atoms with E-state index in [-0.39, 0.29) is 11.6 Å². The molecule has 0 spiro atoms. The Kier molecular flexibility index (Phi) is 3.15. The zero-order chi connectivity index (χ0) is 11.5. The summed E-state index contributed by atoms with van der Waals surface area (Å²) in [5.74, 6) is -0.394. The highest BCUT2D eigenvalue weighted by molar-refractivity contribution is 7.08. The molecule has 0 amide bonds. The van der Waals surface area contributed by atoms with Crippen molar-refractivity contribution in [2.75, 3.05) is 0 Å². The molecule has 0 bridgehead atoms. The molecule has 16 heavy (non-hydrogen) atoms. The second-order valence-electron chi connectivity index (χ2n) is 3.69. The van der Waals surface area contributed by atoms with Crippen LogP contribution >= 0.6 is 11.3 Å². The Morgan fingerprint density at radius 3 is 2.88 bits per heavy atom. The van der Waals surface area contributed by atoms with Crippen molar-refractivity contribution in [3.05, 3.63) is 57.5 Å². The molecule has 1 aromatic heterocycles. The lowest BCUT2D eigenvalue weighted by atomic mass is 10.0. The molecule has 2 aromatic rings. The molecule has 0 radical (unpaired) electrons. The van der Waals surface area contributed by atoms with E-state index in [0.29, 0.717) is 12.0 Å². The first-order valence-corrected chi connectivity index (χ1v) is 5.91. The number of carbonyl (C=O) groups is 1. The van der Waals surface area contributed by atoms with Crippen LogP contribution in [-0.2, 0) is 6.42 Å². The molecule has 82 valence electrons. The van der Waals surface area contributed by atoms with Crippen molar-refractivity contribution in [1.82, 2.24) is 0 Å². The van der Waals surface area contributed by atoms with Crippen LogP contribution in [0.4, 0.5) is 4.39 Å². The van der Waals surface area contributed by atoms with Crippen LogP contribution in [0, 0.1) is 12.7 Å². The number of rotatable bonds is 3. The number of Topliss-reactive ketones (excluding diaryl/α,β-unsaturated/α-hetero) is 1. The van der Waals surface area contributed by atoms with Crippen molar-refractivity contribution in [2.45, 2.75) is 13.3 Å². The number of halogens is 1. The molecule has 0 aliphatic carbocycles. The van der Waals surface area contributed by atoms with Crippen LogP contribution in [0.5, 0.6) is 0 Å². The van der Waals surface area contributed by atoms with Gasteiger partial charge in [0.1, 0.15) is 5.82 Å². The smallest absolute Gasteiger partial charge is 0.167 e. The number of ketones is 1. The van der Waals surface area contributed by atoms with Gasteiger partial charge in [-0.15, -0.1) is 0 Å². The van der Waals surface area contributed by atoms with Gasteiger partial charge >= 0.3 is 0 Å². The third-order valence-corrected chi connectivity index (χ3v) is 3.18. The molecule has 1 nitrogen and oxygen atoms in total. The first-order chi connectivity index (χ1) is 7.66. The molecular weight excluding hydrogens is 223 g/mol. The topological polar surface area (TPSA) is 17.1 Å². The van der Waals surface area contributed by atoms with Crippen molar-refractivity contribution >= 4 is 17.1 Å². The predicted octanol–water partition coefficient (Wildman–Crippen LogP) is 3.62. The largest absolute Gasteiger partial charge is 0.294 e. The maximum atomic E-state index is 13.0. The first-order valence-electron chi connectivity index (χ1n) is 4.97. The summed E-state index contributed by atoms with van der Waals surface area (Å²) in [6, 6.07) is 6.23. The number of aryl methyl sites for hydroxylation is 1. The van der Waals surface area contributed by atoms with Gasteiger partial charge in [0.25, 0.3) is 0 Å². The van der Waals surface area contributed by atoms with Crippen LogP contribution in [0.1, 0.15) is 21.5 Å². The molecule has 3 heteroatoms. The summed E-state index contributed by atoms with van der Waals surface area (Å²) in [6.07, 6.45) is 0.341. The number of benzene rings is 1. The lowest BCUT2D eigenvalue weighted by Crippen LogP contribution is -2.05. The van der Waals surface area contributed by atoms with Crippen molar-refractivity contribution in [3.8, 4) is 0 Å². The molecule has 0 unspecified atom stereocenters. The van der Waals surface area contributed by atoms with Crippen molar-refractivity contribution in [1.29, 1.82) is 0 Å². The van der Waals surface area contributed by atoms with Gasteiger partial charge in [0.15, 0.2) is 5.78 Å². The quantitative estimate of drug-likeness (QED) is 0.741. The zero-order valence-electron chi connectivity index (χ0n) is 8.87. The van der Waals surface area contributed by atoms with Gasteiger partial charge in [-0.1, -0.05) is 6.07 Å². The summed E-state index contributed by atoms with van der Waals surface area (Å²) in [4.78, 5) is 11.9. The Morgan fingerprint density at radius 1 is 1.38 bits per heavy atom. The molecule has 0 aliphatic heterocycles. The minimum atomic E-state index is -0.362. The molecule has 0 saturated carbocycles. The molecule has 1 aromatic carbocycles. The summed E-state index contributed by atoms with van der Waals surface area (Å²) in [5.41, 5.74) is 2.28. The SMILES string of the molecule is Cc1ccc(F)cc1C(=O)Cc1ccsc1. The molecule has 0 aliphatic rings. The molecule has 0 saturated heterocycles. The number of carbonyl (C=O) groups excluding carboxylic acids is 1. The lowest BCUT2D eigenvalue weighted by Gasteiger charge is -2.04. The van der Waals surface area contributed by atoms with E-state index < -0.39 is 0 Å². The van der Waals surface area contributed by atoms with Crippen molar-refractivity contribution < 1.29 is 9.18 Å². The average Bonchev–Trinajstić information content (AvgIpc) is 2.74. The highest BCUT2D eigenvalue weighted by Gasteiger charge is 2.11. The average molecular weight is 234 g/mol. The highest BCUT2D eigenvalue weighted by Crippen LogP contribution is 2.15. The Morgan fingerprint density at radius 2 is 2.19 bits per heavy atom. The fourth-order valence-electron chi connectivity index (χ4n) is 1.57. The second kappa shape index (κ2) is 4.58. The fourth-order valence-corrected chi connectivity index (χ4v) is 2.24. The van der Waals surface area contributed by atoms with Crippen LogP contribution in [0.2, 0.25) is 0 Å². The van der Waals surface area contributed by atoms with E-state index in [0.717, 1.165) is 11.1 Å². The van der Waals surface area contributed by atoms with Crippen molar-refractivity contribution in [2.24, 2.45) is 0 Å². The normalized spacial score (nSPS) is 10.4. The Balaban J connectivity index is 2.24. The Labute approximate surface area is 97.6 Å². The molecular formula is C13H11FOS. The maximum Gasteiger partial charge on any atom is 0.167 e. The van der Waals surface area contributed by atoms with Gasteiger partial charge in [-0.2, -0.15) is 11.3 Å². The van der Waals surface area contributed by atoms with Crippen LogP contribution in [0.3, 0.4) is 0 Å². The predicted molar refractivity (Wildman–Crippen MR) is 63.5 cm³/mol. The van der Waals surface area contributed by atoms with Gasteiger partial charge in [0, 0.05) is 12.0 Å². The van der Waals surface area contributed by atoms with E-state index in [4.69, 9.17) is 0 Å². The van der Waals surface area contributed by atoms with Gasteiger partial charge in [-0.3, -0.25) is 4.79 Å². The van der Waals surface area contributed by atoms with Crippen LogP contribution in [-0.4, -0.2) is 5.78 Å². The molecule has 0 N–H and O–H groups in total. The number of thiophene rings is 1. The number of hydrogen-bond acceptors (Lipinski definition) is 2. The van der Waals surface area contributed by atoms with E-state index >= 15 is 0 Å². The lowest BCUT2D eigenvalue weighted by molar-refractivity contribution is 0.0992. The van der Waals surface area contributed by atoms with Gasteiger partial charge in [-0.25, -0.2) is 4.39 Å². The zero-order valence-corrected chi connectivity index (χ0v) is 9.68. The minimum absolute atomic E-state index is 0.0320. The molecule has 0 fully saturated rings. The molecule has 2 rings (SSSR count). The summed E-state index contributed by atoms with van der Waals surface area (Å²) in [7, 11) is 0. The van der Waals surface area contributed by atoms with Crippen LogP contribution in [0.25, 0.3) is 0 Å². The summed E-state index contributed by atoms with van der Waals surface area (Å²) in [6.45, 7) is 1.82. The third kappa shape index (κ3) is 2.36. The van der Waals surface area contributed by atoms with E-state index in [1.807, 2.05) is 23.8 Å². The summed E-state index contributed by atoms with van der Waals surface area (Å²) < 4.78 is 13.0. The fraction of sp³-hybridized carbons (Fsp3) is 0.154. The summed E-state index contributed by atoms with van der Waals surface area (Å²) in [5, 5.41) is 3.87. The standard InChI is InChI=1S/C13H11FOS/c1-9-2-3-11(14)7-12(9)13(15)6-10-4-5-16-8-10/h2-5,7-8H,6H2,1H3. The monoisotopic (exact) mass is 234 g/mol. The minimum Gasteiger partial charge on any atom is -0.294 e. The van der Waals surface area contributed by atoms with Gasteiger partial charge in [0.2, 0.25) is 0 Å². The first kappa shape index (κ1) is 11.0. The second-order valence-corrected chi connectivity index (χ2v) is 4.47.